The number of thiophene rings is 1. The highest BCUT2D eigenvalue weighted by molar-refractivity contribution is 7.99. The van der Waals surface area contributed by atoms with Crippen molar-refractivity contribution in [1.82, 2.24) is 4.90 Å². The minimum atomic E-state index is -0.366. The molecule has 0 radical (unpaired) electrons. The highest BCUT2D eigenvalue weighted by Crippen LogP contribution is 2.34. The maximum absolute atomic E-state index is 13.1. The zero-order valence-corrected chi connectivity index (χ0v) is 15.1. The number of anilines is 1. The first-order valence-corrected chi connectivity index (χ1v) is 9.82. The van der Waals surface area contributed by atoms with Gasteiger partial charge in [0.2, 0.25) is 5.91 Å². The molecule has 0 saturated carbocycles. The summed E-state index contributed by atoms with van der Waals surface area (Å²) in [7, 11) is 0. The first-order valence-electron chi connectivity index (χ1n) is 7.78. The fourth-order valence-electron chi connectivity index (χ4n) is 2.70. The largest absolute Gasteiger partial charge is 0.507 e. The van der Waals surface area contributed by atoms with Crippen LogP contribution in [0.4, 0.5) is 5.69 Å². The molecular weight excluding hydrogens is 356 g/mol. The van der Waals surface area contributed by atoms with Gasteiger partial charge in [-0.25, -0.2) is 0 Å². The van der Waals surface area contributed by atoms with Crippen LogP contribution in [0.2, 0.25) is 0 Å². The van der Waals surface area contributed by atoms with Gasteiger partial charge >= 0.3 is 0 Å². The van der Waals surface area contributed by atoms with Crippen molar-refractivity contribution in [3.8, 4) is 5.75 Å². The third kappa shape index (κ3) is 3.88. The van der Waals surface area contributed by atoms with E-state index in [9.17, 15) is 14.7 Å². The Hall–Kier alpha value is -2.25. The van der Waals surface area contributed by atoms with E-state index in [2.05, 4.69) is 11.9 Å². The second kappa shape index (κ2) is 7.76. The van der Waals surface area contributed by atoms with E-state index in [0.29, 0.717) is 12.2 Å². The molecule has 2 amide bonds. The molecule has 1 fully saturated rings. The average Bonchev–Trinajstić information content (AvgIpc) is 3.17. The summed E-state index contributed by atoms with van der Waals surface area (Å²) >= 11 is 3.45. The summed E-state index contributed by atoms with van der Waals surface area (Å²) in [5, 5.41) is 14.8. The predicted octanol–water partition coefficient (Wildman–Crippen LogP) is 3.51. The lowest BCUT2D eigenvalue weighted by Crippen LogP contribution is -2.40. The van der Waals surface area contributed by atoms with Crippen LogP contribution in [-0.4, -0.2) is 39.9 Å². The number of thioether (sulfide) groups is 1. The number of hydrogen-bond acceptors (Lipinski definition) is 5. The molecule has 1 aliphatic rings. The number of rotatable bonds is 4. The molecule has 2 heterocycles. The van der Waals surface area contributed by atoms with Gasteiger partial charge in [0.05, 0.1) is 11.6 Å². The van der Waals surface area contributed by atoms with Gasteiger partial charge in [-0.3, -0.25) is 9.59 Å². The van der Waals surface area contributed by atoms with Crippen molar-refractivity contribution < 1.29 is 14.7 Å². The van der Waals surface area contributed by atoms with Crippen molar-refractivity contribution in [2.45, 2.75) is 6.04 Å². The zero-order chi connectivity index (χ0) is 17.8. The molecule has 1 atom stereocenters. The second-order valence-corrected chi connectivity index (χ2v) is 7.66. The number of aromatic hydroxyl groups is 1. The summed E-state index contributed by atoms with van der Waals surface area (Å²) in [6, 6.07) is 8.48. The molecule has 0 spiro atoms. The summed E-state index contributed by atoms with van der Waals surface area (Å²) in [6.45, 7) is 4.03. The van der Waals surface area contributed by atoms with Gasteiger partial charge in [0.15, 0.2) is 0 Å². The molecule has 7 heteroatoms. The van der Waals surface area contributed by atoms with E-state index in [4.69, 9.17) is 0 Å². The monoisotopic (exact) mass is 374 g/mol. The molecule has 1 unspecified atom stereocenters. The molecular formula is C18H18N2O3S2. The van der Waals surface area contributed by atoms with E-state index in [1.807, 2.05) is 29.3 Å². The smallest absolute Gasteiger partial charge is 0.258 e. The highest BCUT2D eigenvalue weighted by atomic mass is 32.2. The van der Waals surface area contributed by atoms with Crippen LogP contribution < -0.4 is 5.32 Å². The second-order valence-electron chi connectivity index (χ2n) is 5.53. The number of nitrogens with zero attached hydrogens (tertiary/aromatic N) is 1. The molecule has 2 aromatic rings. The standard InChI is InChI=1S/C18H18N2O3S2/c1-2-17(22)19-12-5-6-15(21)13(10-12)18(23)20-7-9-24-11-14(20)16-4-3-8-25-16/h2-6,8,10,14,21H,1,7,9,11H2,(H,19,22). The van der Waals surface area contributed by atoms with Gasteiger partial charge in [-0.05, 0) is 35.7 Å². The third-order valence-electron chi connectivity index (χ3n) is 3.94. The van der Waals surface area contributed by atoms with Crippen molar-refractivity contribution in [1.29, 1.82) is 0 Å². The minimum Gasteiger partial charge on any atom is -0.507 e. The van der Waals surface area contributed by atoms with Crippen molar-refractivity contribution in [2.75, 3.05) is 23.4 Å². The van der Waals surface area contributed by atoms with E-state index < -0.39 is 0 Å². The molecule has 2 N–H and O–H groups in total. The Bertz CT molecular complexity index is 790. The normalized spacial score (nSPS) is 17.1. The van der Waals surface area contributed by atoms with Crippen molar-refractivity contribution >= 4 is 40.6 Å². The quantitative estimate of drug-likeness (QED) is 0.635. The van der Waals surface area contributed by atoms with Gasteiger partial charge in [-0.2, -0.15) is 11.8 Å². The summed E-state index contributed by atoms with van der Waals surface area (Å²) < 4.78 is 0. The third-order valence-corrected chi connectivity index (χ3v) is 5.94. The minimum absolute atomic E-state index is 0.00271. The van der Waals surface area contributed by atoms with Crippen molar-refractivity contribution in [3.05, 3.63) is 58.8 Å². The number of benzene rings is 1. The van der Waals surface area contributed by atoms with E-state index in [1.54, 1.807) is 22.3 Å². The van der Waals surface area contributed by atoms with Gasteiger partial charge in [0.25, 0.3) is 5.91 Å². The molecule has 5 nitrogen and oxygen atoms in total. The van der Waals surface area contributed by atoms with Crippen LogP contribution >= 0.6 is 23.1 Å². The summed E-state index contributed by atoms with van der Waals surface area (Å²) in [5.41, 5.74) is 0.639. The number of nitrogens with one attached hydrogen (secondary N) is 1. The van der Waals surface area contributed by atoms with Gasteiger partial charge < -0.3 is 15.3 Å². The lowest BCUT2D eigenvalue weighted by molar-refractivity contribution is -0.111. The van der Waals surface area contributed by atoms with E-state index in [0.717, 1.165) is 22.5 Å². The number of hydrogen-bond donors (Lipinski definition) is 2. The molecule has 3 rings (SSSR count). The SMILES string of the molecule is C=CC(=O)Nc1ccc(O)c(C(=O)N2CCSCC2c2cccs2)c1. The first-order chi connectivity index (χ1) is 12.1. The number of carbonyl (C=O) groups excluding carboxylic acids is 2. The highest BCUT2D eigenvalue weighted by Gasteiger charge is 2.31. The van der Waals surface area contributed by atoms with Crippen LogP contribution in [0.25, 0.3) is 0 Å². The Morgan fingerprint density at radius 1 is 1.36 bits per heavy atom. The van der Waals surface area contributed by atoms with Crippen molar-refractivity contribution in [3.63, 3.8) is 0 Å². The Labute approximate surface area is 154 Å². The molecule has 0 aliphatic carbocycles. The van der Waals surface area contributed by atoms with Crippen LogP contribution in [0, 0.1) is 0 Å². The Morgan fingerprint density at radius 3 is 2.92 bits per heavy atom. The van der Waals surface area contributed by atoms with Gasteiger partial charge in [0, 0.05) is 28.6 Å². The molecule has 25 heavy (non-hydrogen) atoms. The van der Waals surface area contributed by atoms with E-state index in [1.165, 1.54) is 12.1 Å². The Balaban J connectivity index is 1.89. The van der Waals surface area contributed by atoms with Gasteiger partial charge in [0.1, 0.15) is 5.75 Å². The lowest BCUT2D eigenvalue weighted by atomic mass is 10.1. The van der Waals surface area contributed by atoms with E-state index in [-0.39, 0.29) is 29.2 Å². The van der Waals surface area contributed by atoms with Gasteiger partial charge in [-0.15, -0.1) is 11.3 Å². The lowest BCUT2D eigenvalue weighted by Gasteiger charge is -2.35. The van der Waals surface area contributed by atoms with E-state index >= 15 is 0 Å². The van der Waals surface area contributed by atoms with Crippen molar-refractivity contribution in [2.24, 2.45) is 0 Å². The summed E-state index contributed by atoms with van der Waals surface area (Å²) in [5.74, 6) is 1.01. The average molecular weight is 374 g/mol. The predicted molar refractivity (Wildman–Crippen MR) is 102 cm³/mol. The Kier molecular flexibility index (Phi) is 5.45. The summed E-state index contributed by atoms with van der Waals surface area (Å²) in [6.07, 6.45) is 1.16. The molecule has 1 saturated heterocycles. The van der Waals surface area contributed by atoms with Crippen LogP contribution in [0.15, 0.2) is 48.4 Å². The number of carbonyl (C=O) groups is 2. The maximum atomic E-state index is 13.1. The molecule has 0 bridgehead atoms. The van der Waals surface area contributed by atoms with Crippen LogP contribution in [-0.2, 0) is 4.79 Å². The Morgan fingerprint density at radius 2 is 2.20 bits per heavy atom. The van der Waals surface area contributed by atoms with Crippen LogP contribution in [0.5, 0.6) is 5.75 Å². The number of phenols is 1. The van der Waals surface area contributed by atoms with Gasteiger partial charge in [-0.1, -0.05) is 12.6 Å². The molecule has 130 valence electrons. The fourth-order valence-corrected chi connectivity index (χ4v) is 4.72. The fraction of sp³-hybridized carbons (Fsp3) is 0.222. The number of amides is 2. The molecule has 1 aromatic heterocycles. The summed E-state index contributed by atoms with van der Waals surface area (Å²) in [4.78, 5) is 27.5. The molecule has 1 aromatic carbocycles. The zero-order valence-electron chi connectivity index (χ0n) is 13.5. The first kappa shape index (κ1) is 17.6. The topological polar surface area (TPSA) is 69.6 Å². The maximum Gasteiger partial charge on any atom is 0.258 e. The number of phenolic OH excluding ortho intramolecular Hbond substituents is 1. The van der Waals surface area contributed by atoms with Crippen LogP contribution in [0.3, 0.4) is 0 Å². The van der Waals surface area contributed by atoms with Crippen LogP contribution in [0.1, 0.15) is 21.3 Å². The molecule has 1 aliphatic heterocycles.